The minimum absolute atomic E-state index is 0.175. The van der Waals surface area contributed by atoms with Gasteiger partial charge < -0.3 is 19.5 Å². The number of anilines is 1. The molecular formula is C23H28ClNO5. The van der Waals surface area contributed by atoms with Crippen molar-refractivity contribution in [1.82, 2.24) is 0 Å². The normalized spacial score (nSPS) is 12.1. The highest BCUT2D eigenvalue weighted by Crippen LogP contribution is 2.39. The van der Waals surface area contributed by atoms with Crippen molar-refractivity contribution in [3.8, 4) is 11.5 Å². The smallest absolute Gasteiger partial charge is 0.303 e. The molecule has 7 heteroatoms. The molecule has 0 heterocycles. The van der Waals surface area contributed by atoms with Crippen molar-refractivity contribution in [2.45, 2.75) is 40.7 Å². The molecule has 1 atom stereocenters. The summed E-state index contributed by atoms with van der Waals surface area (Å²) in [5.74, 6) is 0.461. The highest BCUT2D eigenvalue weighted by molar-refractivity contribution is 6.30. The largest absolute Gasteiger partial charge is 0.496 e. The van der Waals surface area contributed by atoms with Gasteiger partial charge in [-0.1, -0.05) is 32.4 Å². The molecule has 0 aromatic heterocycles. The predicted molar refractivity (Wildman–Crippen MR) is 117 cm³/mol. The molecule has 2 aromatic rings. The monoisotopic (exact) mass is 433 g/mol. The Morgan fingerprint density at radius 1 is 1.10 bits per heavy atom. The van der Waals surface area contributed by atoms with E-state index in [1.54, 1.807) is 36.4 Å². The van der Waals surface area contributed by atoms with Crippen LogP contribution in [0.5, 0.6) is 11.5 Å². The van der Waals surface area contributed by atoms with E-state index in [1.807, 2.05) is 27.7 Å². The Labute approximate surface area is 182 Å². The highest BCUT2D eigenvalue weighted by atomic mass is 35.5. The van der Waals surface area contributed by atoms with Crippen LogP contribution in [0, 0.1) is 5.41 Å². The average Bonchev–Trinajstić information content (AvgIpc) is 2.67. The molecular weight excluding hydrogens is 406 g/mol. The maximum atomic E-state index is 12.6. The first kappa shape index (κ1) is 23.5. The van der Waals surface area contributed by atoms with Crippen molar-refractivity contribution in [2.75, 3.05) is 19.0 Å². The number of carbonyl (C=O) groups excluding carboxylic acids is 2. The molecule has 1 amide bonds. The summed E-state index contributed by atoms with van der Waals surface area (Å²) in [6.07, 6.45) is -0.845. The summed E-state index contributed by atoms with van der Waals surface area (Å²) in [5.41, 5.74) is 1.04. The fraction of sp³-hybridized carbons (Fsp3) is 0.391. The molecule has 2 rings (SSSR count). The van der Waals surface area contributed by atoms with Gasteiger partial charge in [0.2, 0.25) is 5.91 Å². The van der Waals surface area contributed by atoms with Gasteiger partial charge in [-0.2, -0.15) is 0 Å². The number of halogens is 1. The van der Waals surface area contributed by atoms with Crippen LogP contribution in [0.4, 0.5) is 5.69 Å². The van der Waals surface area contributed by atoms with Gasteiger partial charge in [0.1, 0.15) is 11.5 Å². The molecule has 0 spiro atoms. The zero-order valence-electron chi connectivity index (χ0n) is 18.2. The third-order valence-corrected chi connectivity index (χ3v) is 4.54. The summed E-state index contributed by atoms with van der Waals surface area (Å²) in [5, 5.41) is 3.36. The van der Waals surface area contributed by atoms with Gasteiger partial charge in [-0.25, -0.2) is 0 Å². The Morgan fingerprint density at radius 2 is 1.80 bits per heavy atom. The van der Waals surface area contributed by atoms with Crippen LogP contribution in [-0.2, 0) is 14.3 Å². The van der Waals surface area contributed by atoms with E-state index in [2.05, 4.69) is 5.32 Å². The second-order valence-electron chi connectivity index (χ2n) is 7.76. The number of ether oxygens (including phenoxy) is 3. The summed E-state index contributed by atoms with van der Waals surface area (Å²) < 4.78 is 16.7. The van der Waals surface area contributed by atoms with Gasteiger partial charge in [-0.05, 0) is 37.3 Å². The molecule has 0 aliphatic carbocycles. The molecule has 0 aliphatic rings. The summed E-state index contributed by atoms with van der Waals surface area (Å²) in [6.45, 7) is 9.17. The molecule has 1 N–H and O–H groups in total. The molecule has 2 aromatic carbocycles. The first-order chi connectivity index (χ1) is 14.1. The number of hydrogen-bond donors (Lipinski definition) is 1. The number of benzene rings is 2. The molecule has 1 unspecified atom stereocenters. The third-order valence-electron chi connectivity index (χ3n) is 4.31. The zero-order chi connectivity index (χ0) is 22.5. The maximum absolute atomic E-state index is 12.6. The van der Waals surface area contributed by atoms with Gasteiger partial charge in [0.15, 0.2) is 6.10 Å². The standard InChI is InChI=1S/C23H28ClNO5/c1-7-29-16-9-10-17(20(13-16)28-6)21(30-14(2)26)18-12-15(24)8-11-19(18)25-22(27)23(3,4)5/h8-13,21H,7H2,1-6H3,(H,25,27). The fourth-order valence-electron chi connectivity index (χ4n) is 2.80. The van der Waals surface area contributed by atoms with E-state index in [0.29, 0.717) is 39.9 Å². The Morgan fingerprint density at radius 3 is 2.37 bits per heavy atom. The van der Waals surface area contributed by atoms with Crippen LogP contribution in [0.3, 0.4) is 0 Å². The predicted octanol–water partition coefficient (Wildman–Crippen LogP) is 5.38. The number of esters is 1. The van der Waals surface area contributed by atoms with E-state index < -0.39 is 17.5 Å². The van der Waals surface area contributed by atoms with Crippen LogP contribution in [0.2, 0.25) is 5.02 Å². The lowest BCUT2D eigenvalue weighted by molar-refractivity contribution is -0.144. The van der Waals surface area contributed by atoms with Gasteiger partial charge in [0, 0.05) is 40.2 Å². The van der Waals surface area contributed by atoms with Crippen LogP contribution in [-0.4, -0.2) is 25.6 Å². The van der Waals surface area contributed by atoms with Crippen molar-refractivity contribution in [1.29, 1.82) is 0 Å². The second kappa shape index (κ2) is 9.85. The number of methoxy groups -OCH3 is 1. The van der Waals surface area contributed by atoms with Gasteiger partial charge in [-0.3, -0.25) is 9.59 Å². The van der Waals surface area contributed by atoms with E-state index in [0.717, 1.165) is 0 Å². The lowest BCUT2D eigenvalue weighted by Gasteiger charge is -2.25. The number of rotatable bonds is 7. The Balaban J connectivity index is 2.61. The molecule has 0 fully saturated rings. The van der Waals surface area contributed by atoms with Gasteiger partial charge in [-0.15, -0.1) is 0 Å². The molecule has 0 bridgehead atoms. The molecule has 0 saturated carbocycles. The van der Waals surface area contributed by atoms with Gasteiger partial charge >= 0.3 is 5.97 Å². The second-order valence-corrected chi connectivity index (χ2v) is 8.20. The van der Waals surface area contributed by atoms with E-state index >= 15 is 0 Å². The summed E-state index contributed by atoms with van der Waals surface area (Å²) in [7, 11) is 1.53. The molecule has 0 aliphatic heterocycles. The van der Waals surface area contributed by atoms with Crippen molar-refractivity contribution in [2.24, 2.45) is 5.41 Å². The van der Waals surface area contributed by atoms with Crippen LogP contribution in [0.25, 0.3) is 0 Å². The van der Waals surface area contributed by atoms with E-state index in [4.69, 9.17) is 25.8 Å². The maximum Gasteiger partial charge on any atom is 0.303 e. The quantitative estimate of drug-likeness (QED) is 0.593. The Kier molecular flexibility index (Phi) is 7.73. The summed E-state index contributed by atoms with van der Waals surface area (Å²) in [4.78, 5) is 24.5. The molecule has 162 valence electrons. The fourth-order valence-corrected chi connectivity index (χ4v) is 2.98. The van der Waals surface area contributed by atoms with Gasteiger partial charge in [0.25, 0.3) is 0 Å². The van der Waals surface area contributed by atoms with E-state index in [1.165, 1.54) is 14.0 Å². The average molecular weight is 434 g/mol. The number of amides is 1. The summed E-state index contributed by atoms with van der Waals surface area (Å²) in [6, 6.07) is 10.3. The topological polar surface area (TPSA) is 73.9 Å². The van der Waals surface area contributed by atoms with E-state index in [9.17, 15) is 9.59 Å². The molecule has 30 heavy (non-hydrogen) atoms. The first-order valence-corrected chi connectivity index (χ1v) is 10.0. The zero-order valence-corrected chi connectivity index (χ0v) is 18.9. The SMILES string of the molecule is CCOc1ccc(C(OC(C)=O)c2cc(Cl)ccc2NC(=O)C(C)(C)C)c(OC)c1. The molecule has 0 saturated heterocycles. The Bertz CT molecular complexity index is 920. The first-order valence-electron chi connectivity index (χ1n) is 9.65. The van der Waals surface area contributed by atoms with E-state index in [-0.39, 0.29) is 5.91 Å². The minimum Gasteiger partial charge on any atom is -0.496 e. The van der Waals surface area contributed by atoms with Crippen molar-refractivity contribution < 1.29 is 23.8 Å². The third kappa shape index (κ3) is 5.89. The van der Waals surface area contributed by atoms with Crippen LogP contribution in [0.15, 0.2) is 36.4 Å². The molecule has 0 radical (unpaired) electrons. The number of nitrogens with one attached hydrogen (secondary N) is 1. The van der Waals surface area contributed by atoms with Crippen LogP contribution < -0.4 is 14.8 Å². The molecule has 6 nitrogen and oxygen atoms in total. The number of carbonyl (C=O) groups is 2. The van der Waals surface area contributed by atoms with Crippen LogP contribution >= 0.6 is 11.6 Å². The Hall–Kier alpha value is -2.73. The van der Waals surface area contributed by atoms with Gasteiger partial charge in [0.05, 0.1) is 13.7 Å². The number of hydrogen-bond acceptors (Lipinski definition) is 5. The summed E-state index contributed by atoms with van der Waals surface area (Å²) >= 11 is 6.25. The minimum atomic E-state index is -0.845. The highest BCUT2D eigenvalue weighted by Gasteiger charge is 2.28. The lowest BCUT2D eigenvalue weighted by atomic mass is 9.94. The van der Waals surface area contributed by atoms with Crippen molar-refractivity contribution in [3.05, 3.63) is 52.5 Å². The van der Waals surface area contributed by atoms with Crippen molar-refractivity contribution in [3.63, 3.8) is 0 Å². The van der Waals surface area contributed by atoms with Crippen LogP contribution in [0.1, 0.15) is 51.8 Å². The van der Waals surface area contributed by atoms with Crippen molar-refractivity contribution >= 4 is 29.2 Å². The lowest BCUT2D eigenvalue weighted by Crippen LogP contribution is -2.28.